The number of aromatic nitrogens is 1. The van der Waals surface area contributed by atoms with Crippen molar-refractivity contribution in [3.05, 3.63) is 16.1 Å². The molecule has 1 aromatic heterocycles. The Labute approximate surface area is 71.7 Å². The van der Waals surface area contributed by atoms with E-state index in [9.17, 15) is 0 Å². The predicted molar refractivity (Wildman–Crippen MR) is 48.9 cm³/mol. The van der Waals surface area contributed by atoms with E-state index in [1.165, 1.54) is 0 Å². The van der Waals surface area contributed by atoms with Crippen LogP contribution in [0.5, 0.6) is 0 Å². The summed E-state index contributed by atoms with van der Waals surface area (Å²) in [6, 6.07) is 0. The maximum Gasteiger partial charge on any atom is 0.0898 e. The minimum absolute atomic E-state index is 0.00472. The molecule has 0 saturated heterocycles. The highest BCUT2D eigenvalue weighted by Gasteiger charge is 2.19. The Hall–Kier alpha value is -0.410. The highest BCUT2D eigenvalue weighted by atomic mass is 32.1. The summed E-state index contributed by atoms with van der Waals surface area (Å²) in [6.07, 6.45) is 0. The maximum atomic E-state index is 4.41. The Morgan fingerprint density at radius 1 is 1.55 bits per heavy atom. The highest BCUT2D eigenvalue weighted by Crippen LogP contribution is 2.20. The van der Waals surface area contributed by atoms with Crippen molar-refractivity contribution < 1.29 is 0 Å². The lowest BCUT2D eigenvalue weighted by Gasteiger charge is -2.21. The van der Waals surface area contributed by atoms with Crippen LogP contribution in [0.3, 0.4) is 0 Å². The lowest BCUT2D eigenvalue weighted by atomic mass is 10.0. The molecule has 0 aliphatic carbocycles. The molecule has 1 N–H and O–H groups in total. The minimum Gasteiger partial charge on any atom is -0.310 e. The molecule has 0 radical (unpaired) electrons. The van der Waals surface area contributed by atoms with Gasteiger partial charge in [0, 0.05) is 5.38 Å². The Kier molecular flexibility index (Phi) is 2.30. The lowest BCUT2D eigenvalue weighted by Crippen LogP contribution is -2.33. The first-order valence-corrected chi connectivity index (χ1v) is 4.56. The highest BCUT2D eigenvalue weighted by molar-refractivity contribution is 7.09. The monoisotopic (exact) mass is 170 g/mol. The second-order valence-electron chi connectivity index (χ2n) is 3.13. The van der Waals surface area contributed by atoms with Crippen LogP contribution in [0, 0.1) is 6.92 Å². The number of nitrogens with one attached hydrogen (secondary N) is 1. The summed E-state index contributed by atoms with van der Waals surface area (Å²) >= 11 is 1.70. The van der Waals surface area contributed by atoms with E-state index in [1.54, 1.807) is 11.3 Å². The van der Waals surface area contributed by atoms with Gasteiger partial charge in [0.15, 0.2) is 0 Å². The van der Waals surface area contributed by atoms with E-state index >= 15 is 0 Å². The fourth-order valence-electron chi connectivity index (χ4n) is 0.779. The summed E-state index contributed by atoms with van der Waals surface area (Å²) in [6.45, 7) is 6.28. The minimum atomic E-state index is 0.00472. The fraction of sp³-hybridized carbons (Fsp3) is 0.625. The number of hydrogen-bond donors (Lipinski definition) is 1. The van der Waals surface area contributed by atoms with E-state index in [-0.39, 0.29) is 5.54 Å². The van der Waals surface area contributed by atoms with E-state index in [1.807, 2.05) is 14.0 Å². The molecule has 0 amide bonds. The quantitative estimate of drug-likeness (QED) is 0.733. The van der Waals surface area contributed by atoms with Gasteiger partial charge in [-0.05, 0) is 27.8 Å². The molecule has 0 aliphatic rings. The van der Waals surface area contributed by atoms with Crippen molar-refractivity contribution in [3.63, 3.8) is 0 Å². The van der Waals surface area contributed by atoms with Gasteiger partial charge < -0.3 is 5.32 Å². The average Bonchev–Trinajstić information content (AvgIpc) is 2.36. The largest absolute Gasteiger partial charge is 0.310 e. The molecule has 0 aliphatic heterocycles. The Morgan fingerprint density at radius 3 is 2.55 bits per heavy atom. The summed E-state index contributed by atoms with van der Waals surface area (Å²) in [5.74, 6) is 0. The Balaban J connectivity index is 2.92. The fourth-order valence-corrected chi connectivity index (χ4v) is 1.56. The van der Waals surface area contributed by atoms with E-state index in [0.717, 1.165) is 10.7 Å². The first kappa shape index (κ1) is 8.68. The molecule has 0 unspecified atom stereocenters. The third-order valence-electron chi connectivity index (χ3n) is 1.88. The number of hydrogen-bond acceptors (Lipinski definition) is 3. The molecule has 1 heterocycles. The first-order chi connectivity index (χ1) is 5.06. The van der Waals surface area contributed by atoms with Crippen molar-refractivity contribution in [1.29, 1.82) is 0 Å². The normalized spacial score (nSPS) is 12.0. The molecule has 3 heteroatoms. The van der Waals surface area contributed by atoms with Gasteiger partial charge in [0.2, 0.25) is 0 Å². The van der Waals surface area contributed by atoms with Crippen LogP contribution in [0.2, 0.25) is 0 Å². The molecule has 0 atom stereocenters. The summed E-state index contributed by atoms with van der Waals surface area (Å²) in [4.78, 5) is 4.41. The molecule has 11 heavy (non-hydrogen) atoms. The molecule has 0 saturated carbocycles. The number of aryl methyl sites for hydroxylation is 1. The van der Waals surface area contributed by atoms with Crippen molar-refractivity contribution >= 4 is 11.3 Å². The Bertz CT molecular complexity index is 240. The van der Waals surface area contributed by atoms with Gasteiger partial charge in [0.25, 0.3) is 0 Å². The zero-order valence-electron chi connectivity index (χ0n) is 7.43. The molecule has 1 rings (SSSR count). The van der Waals surface area contributed by atoms with Crippen LogP contribution >= 0.6 is 11.3 Å². The van der Waals surface area contributed by atoms with E-state index in [2.05, 4.69) is 29.5 Å². The molecule has 0 fully saturated rings. The lowest BCUT2D eigenvalue weighted by molar-refractivity contribution is 0.433. The topological polar surface area (TPSA) is 24.9 Å². The second-order valence-corrected chi connectivity index (χ2v) is 4.19. The maximum absolute atomic E-state index is 4.41. The summed E-state index contributed by atoms with van der Waals surface area (Å²) in [7, 11) is 1.95. The van der Waals surface area contributed by atoms with Crippen LogP contribution in [0.1, 0.15) is 24.5 Å². The average molecular weight is 170 g/mol. The van der Waals surface area contributed by atoms with Crippen molar-refractivity contribution in [3.8, 4) is 0 Å². The predicted octanol–water partition coefficient (Wildman–Crippen LogP) is 1.91. The molecule has 2 nitrogen and oxygen atoms in total. The van der Waals surface area contributed by atoms with Crippen molar-refractivity contribution in [2.24, 2.45) is 0 Å². The smallest absolute Gasteiger partial charge is 0.0898 e. The molecule has 0 bridgehead atoms. The molecule has 62 valence electrons. The molecule has 0 aromatic carbocycles. The number of nitrogens with zero attached hydrogens (tertiary/aromatic N) is 1. The number of rotatable bonds is 2. The van der Waals surface area contributed by atoms with Crippen LogP contribution in [0.25, 0.3) is 0 Å². The van der Waals surface area contributed by atoms with Crippen molar-refractivity contribution in [1.82, 2.24) is 10.3 Å². The van der Waals surface area contributed by atoms with Gasteiger partial charge in [-0.15, -0.1) is 11.3 Å². The third-order valence-corrected chi connectivity index (χ3v) is 2.66. The van der Waals surface area contributed by atoms with Crippen LogP contribution in [0.4, 0.5) is 0 Å². The molecular formula is C8H14N2S. The zero-order valence-corrected chi connectivity index (χ0v) is 8.25. The summed E-state index contributed by atoms with van der Waals surface area (Å²) in [5, 5.41) is 6.45. The van der Waals surface area contributed by atoms with Gasteiger partial charge in [-0.1, -0.05) is 0 Å². The third kappa shape index (κ3) is 1.79. The van der Waals surface area contributed by atoms with Gasteiger partial charge in [-0.25, -0.2) is 4.98 Å². The number of thiazole rings is 1. The van der Waals surface area contributed by atoms with Crippen LogP contribution in [0.15, 0.2) is 5.38 Å². The second kappa shape index (κ2) is 2.91. The van der Waals surface area contributed by atoms with Crippen LogP contribution in [-0.2, 0) is 5.54 Å². The Morgan fingerprint density at radius 2 is 2.18 bits per heavy atom. The van der Waals surface area contributed by atoms with Crippen LogP contribution in [-0.4, -0.2) is 12.0 Å². The van der Waals surface area contributed by atoms with Gasteiger partial charge in [-0.3, -0.25) is 0 Å². The van der Waals surface area contributed by atoms with E-state index in [4.69, 9.17) is 0 Å². The van der Waals surface area contributed by atoms with Gasteiger partial charge in [0.1, 0.15) is 0 Å². The SMILES string of the molecule is CNC(C)(C)c1csc(C)n1. The van der Waals surface area contributed by atoms with E-state index < -0.39 is 0 Å². The van der Waals surface area contributed by atoms with Gasteiger partial charge in [0.05, 0.1) is 16.2 Å². The van der Waals surface area contributed by atoms with E-state index in [0.29, 0.717) is 0 Å². The van der Waals surface area contributed by atoms with Crippen molar-refractivity contribution in [2.75, 3.05) is 7.05 Å². The van der Waals surface area contributed by atoms with Gasteiger partial charge >= 0.3 is 0 Å². The van der Waals surface area contributed by atoms with Gasteiger partial charge in [-0.2, -0.15) is 0 Å². The summed E-state index contributed by atoms with van der Waals surface area (Å²) < 4.78 is 0. The molecule has 0 spiro atoms. The first-order valence-electron chi connectivity index (χ1n) is 3.68. The van der Waals surface area contributed by atoms with Crippen LogP contribution < -0.4 is 5.32 Å². The standard InChI is InChI=1S/C8H14N2S/c1-6-10-7(5-11-6)8(2,3)9-4/h5,9H,1-4H3. The molecular weight excluding hydrogens is 156 g/mol. The van der Waals surface area contributed by atoms with Crippen molar-refractivity contribution in [2.45, 2.75) is 26.3 Å². The zero-order chi connectivity index (χ0) is 8.48. The summed E-state index contributed by atoms with van der Waals surface area (Å²) in [5.41, 5.74) is 1.13. The molecule has 1 aromatic rings.